The van der Waals surface area contributed by atoms with Crippen LogP contribution < -0.4 is 20.3 Å². The number of imidazole rings is 1. The highest BCUT2D eigenvalue weighted by Crippen LogP contribution is 2.47. The van der Waals surface area contributed by atoms with Crippen LogP contribution in [0.15, 0.2) is 90.0 Å². The smallest absolute Gasteiger partial charge is 0.280 e. The number of aromatic amines is 1. The summed E-state index contributed by atoms with van der Waals surface area (Å²) in [7, 11) is 3.18. The highest BCUT2D eigenvalue weighted by atomic mass is 16.6. The number of Topliss-reactive ketones (excluding diaryl/α,β-unsaturated/α-hetero) is 1. The molecule has 0 aliphatic carbocycles. The molecular weight excluding hydrogens is 678 g/mol. The predicted molar refractivity (Wildman–Crippen MR) is 198 cm³/mol. The summed E-state index contributed by atoms with van der Waals surface area (Å²) in [5.41, 5.74) is -2.40. The highest BCUT2D eigenvalue weighted by molar-refractivity contribution is 5.93. The largest absolute Gasteiger partial charge is 0.497 e. The Labute approximate surface area is 307 Å². The van der Waals surface area contributed by atoms with E-state index < -0.39 is 34.5 Å². The lowest BCUT2D eigenvalue weighted by molar-refractivity contribution is -0.184. The minimum absolute atomic E-state index is 0.00337. The molecule has 53 heavy (non-hydrogen) atoms. The van der Waals surface area contributed by atoms with E-state index in [9.17, 15) is 19.5 Å². The topological polar surface area (TPSA) is 167 Å². The van der Waals surface area contributed by atoms with E-state index in [1.54, 1.807) is 48.8 Å². The number of carbonyl (C=O) groups excluding carboxylic acids is 2. The van der Waals surface area contributed by atoms with Gasteiger partial charge < -0.3 is 24.1 Å². The maximum atomic E-state index is 14.6. The number of aliphatic hydroxyl groups is 1. The highest BCUT2D eigenvalue weighted by Gasteiger charge is 2.58. The van der Waals surface area contributed by atoms with Crippen molar-refractivity contribution in [2.24, 2.45) is 11.3 Å². The number of nitrogens with one attached hydrogen (secondary N) is 2. The summed E-state index contributed by atoms with van der Waals surface area (Å²) < 4.78 is 26.3. The van der Waals surface area contributed by atoms with Crippen LogP contribution in [0.5, 0.6) is 11.5 Å². The first kappa shape index (κ1) is 37.4. The molecule has 1 aliphatic rings. The predicted octanol–water partition coefficient (Wildman–Crippen LogP) is 5.37. The number of carbonyl (C=O) groups is 2. The number of methoxy groups -OCH3 is 2. The molecule has 278 valence electrons. The van der Waals surface area contributed by atoms with Crippen molar-refractivity contribution in [3.63, 3.8) is 0 Å². The van der Waals surface area contributed by atoms with Crippen LogP contribution in [-0.2, 0) is 24.7 Å². The van der Waals surface area contributed by atoms with Crippen LogP contribution in [0.4, 0.5) is 5.95 Å². The fourth-order valence-electron chi connectivity index (χ4n) is 6.70. The Morgan fingerprint density at radius 2 is 1.53 bits per heavy atom. The first-order valence-corrected chi connectivity index (χ1v) is 17.4. The van der Waals surface area contributed by atoms with Crippen molar-refractivity contribution in [1.82, 2.24) is 19.5 Å². The van der Waals surface area contributed by atoms with Gasteiger partial charge in [0.05, 0.1) is 33.3 Å². The fourth-order valence-corrected chi connectivity index (χ4v) is 6.70. The van der Waals surface area contributed by atoms with E-state index in [0.717, 1.165) is 16.7 Å². The fraction of sp³-hybridized carbons (Fsp3) is 0.375. The van der Waals surface area contributed by atoms with Crippen LogP contribution in [0.2, 0.25) is 0 Å². The molecule has 2 aromatic heterocycles. The molecule has 13 heteroatoms. The van der Waals surface area contributed by atoms with Crippen molar-refractivity contribution in [2.45, 2.75) is 64.6 Å². The number of amides is 1. The summed E-state index contributed by atoms with van der Waals surface area (Å²) in [4.78, 5) is 51.4. The zero-order valence-electron chi connectivity index (χ0n) is 30.9. The molecule has 5 aromatic rings. The Balaban J connectivity index is 1.48. The van der Waals surface area contributed by atoms with E-state index in [2.05, 4.69) is 20.3 Å². The molecule has 0 radical (unpaired) electrons. The second-order valence-electron chi connectivity index (χ2n) is 14.5. The van der Waals surface area contributed by atoms with E-state index in [-0.39, 0.29) is 47.7 Å². The Morgan fingerprint density at radius 3 is 2.06 bits per heavy atom. The molecule has 0 spiro atoms. The van der Waals surface area contributed by atoms with Gasteiger partial charge in [0.2, 0.25) is 11.9 Å². The summed E-state index contributed by atoms with van der Waals surface area (Å²) in [6.07, 6.45) is -1.01. The SMILES string of the molecule is COc1ccc(C(OC[C@@]2(C(=O)C(C)(C)C)O[C@@H](n3cnc4c(=O)[nH]c(NC(=O)C(C)C)nc43)C[C@@H]2O)(c2ccccc2)c2ccc(OC)cc2)cc1. The van der Waals surface area contributed by atoms with E-state index >= 15 is 0 Å². The van der Waals surface area contributed by atoms with Crippen LogP contribution in [0.1, 0.15) is 64.0 Å². The van der Waals surface area contributed by atoms with Crippen LogP contribution in [-0.4, -0.2) is 68.8 Å². The van der Waals surface area contributed by atoms with E-state index in [4.69, 9.17) is 18.9 Å². The van der Waals surface area contributed by atoms with Gasteiger partial charge in [-0.15, -0.1) is 0 Å². The maximum Gasteiger partial charge on any atom is 0.280 e. The molecule has 0 unspecified atom stereocenters. The van der Waals surface area contributed by atoms with Gasteiger partial charge in [0.1, 0.15) is 23.3 Å². The molecule has 3 aromatic carbocycles. The number of ether oxygens (including phenoxy) is 4. The summed E-state index contributed by atoms with van der Waals surface area (Å²) >= 11 is 0. The Bertz CT molecular complexity index is 2090. The molecular formula is C40H45N5O8. The van der Waals surface area contributed by atoms with E-state index in [1.807, 2.05) is 78.9 Å². The van der Waals surface area contributed by atoms with Gasteiger partial charge in [-0.3, -0.25) is 29.3 Å². The van der Waals surface area contributed by atoms with Gasteiger partial charge >= 0.3 is 0 Å². The molecule has 6 rings (SSSR count). The minimum atomic E-state index is -1.88. The molecule has 0 saturated carbocycles. The van der Waals surface area contributed by atoms with Crippen molar-refractivity contribution >= 4 is 28.8 Å². The lowest BCUT2D eigenvalue weighted by atomic mass is 9.76. The van der Waals surface area contributed by atoms with Crippen molar-refractivity contribution in [3.8, 4) is 11.5 Å². The molecule has 13 nitrogen and oxygen atoms in total. The molecule has 1 saturated heterocycles. The third-order valence-corrected chi connectivity index (χ3v) is 9.56. The lowest BCUT2D eigenvalue weighted by Gasteiger charge is -2.41. The number of H-pyrrole nitrogens is 1. The quantitative estimate of drug-likeness (QED) is 0.142. The normalized spacial score (nSPS) is 19.0. The third-order valence-electron chi connectivity index (χ3n) is 9.56. The molecule has 3 atom stereocenters. The lowest BCUT2D eigenvalue weighted by Crippen LogP contribution is -2.57. The van der Waals surface area contributed by atoms with Crippen molar-refractivity contribution in [3.05, 3.63) is 112 Å². The van der Waals surface area contributed by atoms with Crippen molar-refractivity contribution in [1.29, 1.82) is 0 Å². The number of aromatic nitrogens is 4. The number of rotatable bonds is 12. The number of hydrogen-bond donors (Lipinski definition) is 3. The first-order chi connectivity index (χ1) is 25.2. The minimum Gasteiger partial charge on any atom is -0.497 e. The van der Waals surface area contributed by atoms with Gasteiger partial charge in [-0.05, 0) is 41.0 Å². The van der Waals surface area contributed by atoms with Gasteiger partial charge in [-0.25, -0.2) is 4.98 Å². The van der Waals surface area contributed by atoms with Crippen molar-refractivity contribution < 1.29 is 33.6 Å². The molecule has 0 bridgehead atoms. The molecule has 1 fully saturated rings. The van der Waals surface area contributed by atoms with Gasteiger partial charge in [-0.1, -0.05) is 89.2 Å². The third kappa shape index (κ3) is 6.95. The average molecular weight is 724 g/mol. The van der Waals surface area contributed by atoms with Gasteiger partial charge in [0, 0.05) is 17.8 Å². The zero-order chi connectivity index (χ0) is 38.1. The molecule has 3 N–H and O–H groups in total. The second kappa shape index (κ2) is 14.6. The summed E-state index contributed by atoms with van der Waals surface area (Å²) in [6.45, 7) is 8.34. The first-order valence-electron chi connectivity index (χ1n) is 17.4. The molecule has 3 heterocycles. The summed E-state index contributed by atoms with van der Waals surface area (Å²) in [5.74, 6) is 0.147. The Morgan fingerprint density at radius 1 is 0.962 bits per heavy atom. The Kier molecular flexibility index (Phi) is 10.3. The number of ketones is 1. The van der Waals surface area contributed by atoms with Gasteiger partial charge in [0.25, 0.3) is 5.56 Å². The maximum absolute atomic E-state index is 14.6. The van der Waals surface area contributed by atoms with Gasteiger partial charge in [0.15, 0.2) is 22.5 Å². The zero-order valence-corrected chi connectivity index (χ0v) is 30.9. The van der Waals surface area contributed by atoms with Crippen molar-refractivity contribution in [2.75, 3.05) is 26.1 Å². The summed E-state index contributed by atoms with van der Waals surface area (Å²) in [5, 5.41) is 14.6. The monoisotopic (exact) mass is 723 g/mol. The molecule has 1 amide bonds. The van der Waals surface area contributed by atoms with Crippen LogP contribution in [0.25, 0.3) is 11.2 Å². The van der Waals surface area contributed by atoms with Crippen LogP contribution >= 0.6 is 0 Å². The number of nitrogens with zero attached hydrogens (tertiary/aromatic N) is 3. The summed E-state index contributed by atoms with van der Waals surface area (Å²) in [6, 6.07) is 24.6. The average Bonchev–Trinajstić information content (AvgIpc) is 3.73. The van der Waals surface area contributed by atoms with Gasteiger partial charge in [-0.2, -0.15) is 4.98 Å². The number of hydrogen-bond acceptors (Lipinski definition) is 10. The second-order valence-corrected chi connectivity index (χ2v) is 14.5. The standard InChI is InChI=1S/C40H45N5O8/c1-24(2)34(47)43-37-42-33-32(35(48)44-37)41-23-45(33)31-21-30(46)39(53-31,36(49)38(3,4)5)22-52-40(25-11-9-8-10-12-25,26-13-17-28(50-6)18-14-26)27-15-19-29(51-7)20-16-27/h8-20,23-24,30-31,46H,21-22H2,1-7H3,(H2,42,43,44,47,48)/t30-,31+,39+/m0/s1. The number of benzene rings is 3. The number of aliphatic hydroxyl groups excluding tert-OH is 1. The van der Waals surface area contributed by atoms with E-state index in [1.165, 1.54) is 10.9 Å². The van der Waals surface area contributed by atoms with Crippen LogP contribution in [0, 0.1) is 11.3 Å². The van der Waals surface area contributed by atoms with Crippen LogP contribution in [0.3, 0.4) is 0 Å². The van der Waals surface area contributed by atoms with E-state index in [0.29, 0.717) is 11.5 Å². The number of anilines is 1. The molecule has 1 aliphatic heterocycles. The number of fused-ring (bicyclic) bond motifs is 1. The Hall–Kier alpha value is -5.37.